The second-order valence-corrected chi connectivity index (χ2v) is 9.07. The standard InChI is InChI=1S/C23H32N2O3S/c1-3-18-25(19-4-2)29(27,28)22-15-13-21(14-16-22)23(26)24-17-9-8-12-20-10-6-5-7-11-20/h5-7,10-11,13-16H,3-4,8-9,12,17-19H2,1-2H3,(H,24,26). The molecule has 0 spiro atoms. The van der Waals surface area contributed by atoms with Gasteiger partial charge in [-0.2, -0.15) is 4.31 Å². The lowest BCUT2D eigenvalue weighted by atomic mass is 10.1. The number of hydrogen-bond donors (Lipinski definition) is 1. The number of carbonyl (C=O) groups excluding carboxylic acids is 1. The second kappa shape index (κ2) is 11.7. The molecule has 0 fully saturated rings. The number of hydrogen-bond acceptors (Lipinski definition) is 3. The molecule has 0 saturated carbocycles. The highest BCUT2D eigenvalue weighted by Crippen LogP contribution is 2.17. The zero-order valence-corrected chi connectivity index (χ0v) is 18.2. The van der Waals surface area contributed by atoms with Crippen LogP contribution >= 0.6 is 0 Å². The van der Waals surface area contributed by atoms with Gasteiger partial charge in [0.25, 0.3) is 5.91 Å². The van der Waals surface area contributed by atoms with E-state index in [1.807, 2.05) is 32.0 Å². The molecular weight excluding hydrogens is 384 g/mol. The molecule has 0 radical (unpaired) electrons. The van der Waals surface area contributed by atoms with E-state index in [1.54, 1.807) is 12.1 Å². The van der Waals surface area contributed by atoms with Crippen LogP contribution in [0.2, 0.25) is 0 Å². The first-order valence-electron chi connectivity index (χ1n) is 10.4. The molecule has 0 heterocycles. The highest BCUT2D eigenvalue weighted by molar-refractivity contribution is 7.89. The van der Waals surface area contributed by atoms with E-state index in [-0.39, 0.29) is 10.8 Å². The molecule has 5 nitrogen and oxygen atoms in total. The minimum atomic E-state index is -3.52. The third-order valence-corrected chi connectivity index (χ3v) is 6.63. The van der Waals surface area contributed by atoms with Crippen molar-refractivity contribution in [1.82, 2.24) is 9.62 Å². The van der Waals surface area contributed by atoms with Gasteiger partial charge in [0.2, 0.25) is 10.0 Å². The fourth-order valence-electron chi connectivity index (χ4n) is 3.18. The van der Waals surface area contributed by atoms with Gasteiger partial charge in [-0.25, -0.2) is 8.42 Å². The highest BCUT2D eigenvalue weighted by atomic mass is 32.2. The van der Waals surface area contributed by atoms with E-state index in [0.29, 0.717) is 25.2 Å². The molecular formula is C23H32N2O3S. The van der Waals surface area contributed by atoms with Crippen LogP contribution in [0.3, 0.4) is 0 Å². The summed E-state index contributed by atoms with van der Waals surface area (Å²) in [5, 5.41) is 2.91. The van der Waals surface area contributed by atoms with Crippen molar-refractivity contribution in [3.63, 3.8) is 0 Å². The summed E-state index contributed by atoms with van der Waals surface area (Å²) in [5.74, 6) is -0.173. The Bertz CT molecular complexity index is 843. The molecule has 0 aliphatic heterocycles. The summed E-state index contributed by atoms with van der Waals surface area (Å²) < 4.78 is 27.1. The Morgan fingerprint density at radius 2 is 1.52 bits per heavy atom. The maximum atomic E-state index is 12.8. The van der Waals surface area contributed by atoms with Crippen molar-refractivity contribution >= 4 is 15.9 Å². The van der Waals surface area contributed by atoms with E-state index >= 15 is 0 Å². The van der Waals surface area contributed by atoms with Crippen LogP contribution in [0.15, 0.2) is 59.5 Å². The molecule has 2 aromatic rings. The van der Waals surface area contributed by atoms with E-state index in [4.69, 9.17) is 0 Å². The first kappa shape index (κ1) is 23.1. The number of nitrogens with one attached hydrogen (secondary N) is 1. The maximum Gasteiger partial charge on any atom is 0.251 e. The van der Waals surface area contributed by atoms with Gasteiger partial charge in [-0.3, -0.25) is 4.79 Å². The SMILES string of the molecule is CCCN(CCC)S(=O)(=O)c1ccc(C(=O)NCCCCc2ccccc2)cc1. The largest absolute Gasteiger partial charge is 0.352 e. The normalized spacial score (nSPS) is 11.6. The first-order chi connectivity index (χ1) is 14.0. The third-order valence-electron chi connectivity index (χ3n) is 4.72. The van der Waals surface area contributed by atoms with Crippen LogP contribution in [0.25, 0.3) is 0 Å². The Hall–Kier alpha value is -2.18. The fourth-order valence-corrected chi connectivity index (χ4v) is 4.81. The van der Waals surface area contributed by atoms with Crippen LogP contribution in [-0.4, -0.2) is 38.3 Å². The number of rotatable bonds is 12. The van der Waals surface area contributed by atoms with Crippen molar-refractivity contribution in [2.75, 3.05) is 19.6 Å². The van der Waals surface area contributed by atoms with Crippen molar-refractivity contribution in [3.05, 3.63) is 65.7 Å². The van der Waals surface area contributed by atoms with Gasteiger partial charge < -0.3 is 5.32 Å². The Kier molecular flexibility index (Phi) is 9.35. The number of nitrogens with zero attached hydrogens (tertiary/aromatic N) is 1. The molecule has 0 aliphatic rings. The molecule has 2 rings (SSSR count). The number of carbonyl (C=O) groups is 1. The second-order valence-electron chi connectivity index (χ2n) is 7.13. The summed E-state index contributed by atoms with van der Waals surface area (Å²) >= 11 is 0. The van der Waals surface area contributed by atoms with Crippen molar-refractivity contribution < 1.29 is 13.2 Å². The number of benzene rings is 2. The highest BCUT2D eigenvalue weighted by Gasteiger charge is 2.23. The predicted molar refractivity (Wildman–Crippen MR) is 117 cm³/mol. The Labute approximate surface area is 175 Å². The Balaban J connectivity index is 1.86. The molecule has 1 amide bonds. The molecule has 6 heteroatoms. The van der Waals surface area contributed by atoms with Gasteiger partial charge in [0.15, 0.2) is 0 Å². The maximum absolute atomic E-state index is 12.8. The van der Waals surface area contributed by atoms with Crippen LogP contribution in [0.5, 0.6) is 0 Å². The van der Waals surface area contributed by atoms with Gasteiger partial charge in [-0.1, -0.05) is 44.2 Å². The van der Waals surface area contributed by atoms with Crippen LogP contribution < -0.4 is 5.32 Å². The fraction of sp³-hybridized carbons (Fsp3) is 0.435. The van der Waals surface area contributed by atoms with E-state index in [2.05, 4.69) is 17.4 Å². The minimum Gasteiger partial charge on any atom is -0.352 e. The van der Waals surface area contributed by atoms with Gasteiger partial charge in [-0.15, -0.1) is 0 Å². The van der Waals surface area contributed by atoms with Crippen LogP contribution in [0, 0.1) is 0 Å². The van der Waals surface area contributed by atoms with Gasteiger partial charge >= 0.3 is 0 Å². The molecule has 0 saturated heterocycles. The van der Waals surface area contributed by atoms with Crippen LogP contribution in [0.1, 0.15) is 55.5 Å². The molecule has 0 unspecified atom stereocenters. The minimum absolute atomic E-state index is 0.173. The molecule has 0 aliphatic carbocycles. The number of aryl methyl sites for hydroxylation is 1. The van der Waals surface area contributed by atoms with E-state index in [0.717, 1.165) is 32.1 Å². The molecule has 1 N–H and O–H groups in total. The number of amides is 1. The Morgan fingerprint density at radius 1 is 0.897 bits per heavy atom. The summed E-state index contributed by atoms with van der Waals surface area (Å²) in [6.45, 7) is 5.53. The number of unbranched alkanes of at least 4 members (excludes halogenated alkanes) is 1. The molecule has 158 valence electrons. The lowest BCUT2D eigenvalue weighted by Crippen LogP contribution is -2.32. The summed E-state index contributed by atoms with van der Waals surface area (Å²) in [5.41, 5.74) is 1.78. The lowest BCUT2D eigenvalue weighted by molar-refractivity contribution is 0.0953. The van der Waals surface area contributed by atoms with Crippen molar-refractivity contribution in [2.24, 2.45) is 0 Å². The molecule has 0 aromatic heterocycles. The van der Waals surface area contributed by atoms with E-state index in [1.165, 1.54) is 22.0 Å². The Morgan fingerprint density at radius 3 is 2.10 bits per heavy atom. The molecule has 0 bridgehead atoms. The van der Waals surface area contributed by atoms with Crippen LogP contribution in [-0.2, 0) is 16.4 Å². The van der Waals surface area contributed by atoms with Crippen LogP contribution in [0.4, 0.5) is 0 Å². The summed E-state index contributed by atoms with van der Waals surface area (Å²) in [6, 6.07) is 16.5. The molecule has 0 atom stereocenters. The quantitative estimate of drug-likeness (QED) is 0.526. The topological polar surface area (TPSA) is 66.5 Å². The molecule has 2 aromatic carbocycles. The van der Waals surface area contributed by atoms with E-state index in [9.17, 15) is 13.2 Å². The van der Waals surface area contributed by atoms with Gasteiger partial charge in [-0.05, 0) is 61.9 Å². The first-order valence-corrected chi connectivity index (χ1v) is 11.9. The van der Waals surface area contributed by atoms with Crippen molar-refractivity contribution in [1.29, 1.82) is 0 Å². The van der Waals surface area contributed by atoms with Gasteiger partial charge in [0.05, 0.1) is 4.90 Å². The smallest absolute Gasteiger partial charge is 0.251 e. The zero-order valence-electron chi connectivity index (χ0n) is 17.4. The molecule has 29 heavy (non-hydrogen) atoms. The average Bonchev–Trinajstić information content (AvgIpc) is 2.74. The average molecular weight is 417 g/mol. The monoisotopic (exact) mass is 416 g/mol. The number of sulfonamides is 1. The van der Waals surface area contributed by atoms with Crippen molar-refractivity contribution in [3.8, 4) is 0 Å². The lowest BCUT2D eigenvalue weighted by Gasteiger charge is -2.21. The zero-order chi connectivity index (χ0) is 21.1. The van der Waals surface area contributed by atoms with Gasteiger partial charge in [0, 0.05) is 25.2 Å². The predicted octanol–water partition coefficient (Wildman–Crippen LogP) is 4.25. The van der Waals surface area contributed by atoms with Gasteiger partial charge in [0.1, 0.15) is 0 Å². The summed E-state index contributed by atoms with van der Waals surface area (Å²) in [6.07, 6.45) is 4.44. The summed E-state index contributed by atoms with van der Waals surface area (Å²) in [7, 11) is -3.52. The third kappa shape index (κ3) is 6.98. The van der Waals surface area contributed by atoms with Crippen molar-refractivity contribution in [2.45, 2.75) is 50.8 Å². The summed E-state index contributed by atoms with van der Waals surface area (Å²) in [4.78, 5) is 12.5. The van der Waals surface area contributed by atoms with E-state index < -0.39 is 10.0 Å².